The largest absolute Gasteiger partial charge is 0.508 e. The molecule has 2 heterocycles. The average Bonchev–Trinajstić information content (AvgIpc) is 2.75. The zero-order chi connectivity index (χ0) is 20.6. The molecule has 0 bridgehead atoms. The molecule has 1 unspecified atom stereocenters. The quantitative estimate of drug-likeness (QED) is 0.422. The molecule has 0 saturated carbocycles. The number of hydrogen-bond acceptors (Lipinski definition) is 7. The lowest BCUT2D eigenvalue weighted by Crippen LogP contribution is -2.33. The highest BCUT2D eigenvalue weighted by Gasteiger charge is 2.17. The van der Waals surface area contributed by atoms with Gasteiger partial charge in [-0.1, -0.05) is 6.07 Å². The number of rotatable bonds is 7. The van der Waals surface area contributed by atoms with Gasteiger partial charge in [-0.05, 0) is 49.6 Å². The molecule has 1 aromatic carbocycles. The van der Waals surface area contributed by atoms with Crippen LogP contribution in [0.15, 0.2) is 42.5 Å². The second-order valence-corrected chi connectivity index (χ2v) is 6.49. The number of methoxy groups -OCH3 is 1. The van der Waals surface area contributed by atoms with Crippen molar-refractivity contribution in [1.29, 1.82) is 5.41 Å². The molecule has 4 N–H and O–H groups in total. The van der Waals surface area contributed by atoms with Crippen molar-refractivity contribution in [2.45, 2.75) is 25.5 Å². The third-order valence-electron chi connectivity index (χ3n) is 4.44. The topological polar surface area (TPSA) is 117 Å². The highest BCUT2D eigenvalue weighted by Crippen LogP contribution is 2.28. The number of carbonyl (C=O) groups is 1. The van der Waals surface area contributed by atoms with E-state index in [1.807, 2.05) is 0 Å². The number of phenolic OH excluding ortho intramolecular Hbond substituents is 1. The number of benzene rings is 1. The fourth-order valence-electron chi connectivity index (χ4n) is 3.00. The van der Waals surface area contributed by atoms with Crippen LogP contribution < -0.4 is 15.4 Å². The predicted molar refractivity (Wildman–Crippen MR) is 110 cm³/mol. The van der Waals surface area contributed by atoms with Crippen LogP contribution >= 0.6 is 0 Å². The Labute approximate surface area is 169 Å². The summed E-state index contributed by atoms with van der Waals surface area (Å²) < 4.78 is 10.9. The molecule has 152 valence electrons. The van der Waals surface area contributed by atoms with Gasteiger partial charge < -0.3 is 30.6 Å². The molecule has 29 heavy (non-hydrogen) atoms. The van der Waals surface area contributed by atoms with Crippen LogP contribution in [0.25, 0.3) is 5.70 Å². The van der Waals surface area contributed by atoms with Crippen molar-refractivity contribution >= 4 is 23.5 Å². The van der Waals surface area contributed by atoms with Gasteiger partial charge in [0.05, 0.1) is 24.2 Å². The van der Waals surface area contributed by atoms with Crippen molar-refractivity contribution < 1.29 is 19.4 Å². The van der Waals surface area contributed by atoms with E-state index in [4.69, 9.17) is 14.9 Å². The summed E-state index contributed by atoms with van der Waals surface area (Å²) in [5.74, 6) is -0.0358. The Morgan fingerprint density at radius 3 is 2.86 bits per heavy atom. The number of nitrogens with zero attached hydrogens (tertiary/aromatic N) is 1. The number of nitrogens with one attached hydrogen (secondary N) is 3. The maximum absolute atomic E-state index is 12.7. The van der Waals surface area contributed by atoms with Gasteiger partial charge in [0, 0.05) is 18.9 Å². The van der Waals surface area contributed by atoms with Crippen molar-refractivity contribution in [3.63, 3.8) is 0 Å². The second kappa shape index (κ2) is 9.70. The molecule has 1 saturated heterocycles. The van der Waals surface area contributed by atoms with E-state index in [1.165, 1.54) is 25.5 Å². The Morgan fingerprint density at radius 2 is 2.14 bits per heavy atom. The Morgan fingerprint density at radius 1 is 1.31 bits per heavy atom. The molecular formula is C21H24N4O4. The number of hydrogen-bond donors (Lipinski definition) is 4. The highest BCUT2D eigenvalue weighted by molar-refractivity contribution is 6.04. The minimum absolute atomic E-state index is 0.0393. The normalized spacial score (nSPS) is 16.7. The zero-order valence-corrected chi connectivity index (χ0v) is 16.1. The standard InChI is InChI=1S/C21H24N4O4/c1-28-19-13-14(26)8-9-17(19)25-21(27)18-6-4-5-15(23-18)16(10-11-22)24-20-7-2-3-12-29-20/h4-6,8-11,13,20,22,24,26H,2-3,7,12H2,1H3,(H,25,27)/b16-10-,22-11?. The molecule has 1 amide bonds. The van der Waals surface area contributed by atoms with Crippen LogP contribution in [-0.2, 0) is 4.74 Å². The molecule has 1 fully saturated rings. The average molecular weight is 396 g/mol. The predicted octanol–water partition coefficient (Wildman–Crippen LogP) is 3.15. The number of amides is 1. The van der Waals surface area contributed by atoms with Crippen LogP contribution in [-0.4, -0.2) is 42.2 Å². The highest BCUT2D eigenvalue weighted by atomic mass is 16.5. The summed E-state index contributed by atoms with van der Waals surface area (Å²) in [5, 5.41) is 23.0. The van der Waals surface area contributed by atoms with Crippen molar-refractivity contribution in [2.24, 2.45) is 0 Å². The summed E-state index contributed by atoms with van der Waals surface area (Å²) in [7, 11) is 1.46. The molecule has 3 rings (SSSR count). The van der Waals surface area contributed by atoms with E-state index in [0.717, 1.165) is 19.3 Å². The first-order valence-electron chi connectivity index (χ1n) is 9.35. The molecule has 0 spiro atoms. The third-order valence-corrected chi connectivity index (χ3v) is 4.44. The summed E-state index contributed by atoms with van der Waals surface area (Å²) in [6, 6.07) is 9.53. The molecule has 1 aliphatic heterocycles. The van der Waals surface area contributed by atoms with E-state index in [0.29, 0.717) is 29.4 Å². The molecule has 1 aromatic heterocycles. The van der Waals surface area contributed by atoms with E-state index >= 15 is 0 Å². The van der Waals surface area contributed by atoms with Gasteiger partial charge in [0.2, 0.25) is 0 Å². The first kappa shape index (κ1) is 20.3. The van der Waals surface area contributed by atoms with E-state index in [-0.39, 0.29) is 17.7 Å². The van der Waals surface area contributed by atoms with Gasteiger partial charge in [-0.15, -0.1) is 0 Å². The molecular weight excluding hydrogens is 372 g/mol. The summed E-state index contributed by atoms with van der Waals surface area (Å²) in [6.45, 7) is 0.694. The second-order valence-electron chi connectivity index (χ2n) is 6.49. The lowest BCUT2D eigenvalue weighted by atomic mass is 10.1. The van der Waals surface area contributed by atoms with Gasteiger partial charge in [0.1, 0.15) is 23.4 Å². The summed E-state index contributed by atoms with van der Waals surface area (Å²) in [5.41, 5.74) is 1.78. The first-order chi connectivity index (χ1) is 14.1. The smallest absolute Gasteiger partial charge is 0.274 e. The van der Waals surface area contributed by atoms with Crippen LogP contribution in [0, 0.1) is 5.41 Å². The number of carbonyl (C=O) groups excluding carboxylic acids is 1. The number of allylic oxidation sites excluding steroid dienone is 1. The molecule has 1 aliphatic rings. The van der Waals surface area contributed by atoms with Gasteiger partial charge in [-0.3, -0.25) is 4.79 Å². The monoisotopic (exact) mass is 396 g/mol. The number of phenols is 1. The summed E-state index contributed by atoms with van der Waals surface area (Å²) in [6.07, 6.45) is 5.59. The zero-order valence-electron chi connectivity index (χ0n) is 16.1. The Kier molecular flexibility index (Phi) is 6.80. The van der Waals surface area contributed by atoms with E-state index in [1.54, 1.807) is 30.3 Å². The fourth-order valence-corrected chi connectivity index (χ4v) is 3.00. The lowest BCUT2D eigenvalue weighted by Gasteiger charge is -2.25. The molecule has 8 heteroatoms. The molecule has 2 aromatic rings. The van der Waals surface area contributed by atoms with Crippen molar-refractivity contribution in [3.8, 4) is 11.5 Å². The summed E-state index contributed by atoms with van der Waals surface area (Å²) in [4.78, 5) is 17.1. The fraction of sp³-hybridized carbons (Fsp3) is 0.286. The first-order valence-corrected chi connectivity index (χ1v) is 9.35. The third kappa shape index (κ3) is 5.32. The maximum atomic E-state index is 12.7. The van der Waals surface area contributed by atoms with Gasteiger partial charge in [-0.25, -0.2) is 4.98 Å². The number of pyridine rings is 1. The molecule has 8 nitrogen and oxygen atoms in total. The van der Waals surface area contributed by atoms with Crippen LogP contribution in [0.2, 0.25) is 0 Å². The van der Waals surface area contributed by atoms with E-state index in [2.05, 4.69) is 15.6 Å². The van der Waals surface area contributed by atoms with Crippen LogP contribution in [0.5, 0.6) is 11.5 Å². The Balaban J connectivity index is 1.79. The lowest BCUT2D eigenvalue weighted by molar-refractivity contribution is 0.00528. The molecule has 1 atom stereocenters. The minimum Gasteiger partial charge on any atom is -0.508 e. The van der Waals surface area contributed by atoms with E-state index in [9.17, 15) is 9.90 Å². The van der Waals surface area contributed by atoms with Crippen molar-refractivity contribution in [3.05, 3.63) is 53.9 Å². The molecule has 0 radical (unpaired) electrons. The van der Waals surface area contributed by atoms with Crippen molar-refractivity contribution in [2.75, 3.05) is 19.0 Å². The Hall–Kier alpha value is -3.39. The summed E-state index contributed by atoms with van der Waals surface area (Å²) >= 11 is 0. The van der Waals surface area contributed by atoms with Crippen LogP contribution in [0.4, 0.5) is 5.69 Å². The number of aromatic hydroxyl groups is 1. The Bertz CT molecular complexity index is 907. The van der Waals surface area contributed by atoms with Crippen molar-refractivity contribution in [1.82, 2.24) is 10.3 Å². The van der Waals surface area contributed by atoms with Crippen LogP contribution in [0.3, 0.4) is 0 Å². The SMILES string of the molecule is COc1cc(O)ccc1NC(=O)c1cccc(/C(=C/C=N)NC2CCCCO2)n1. The molecule has 0 aliphatic carbocycles. The van der Waals surface area contributed by atoms with E-state index < -0.39 is 5.91 Å². The van der Waals surface area contributed by atoms with Gasteiger partial charge in [0.15, 0.2) is 0 Å². The maximum Gasteiger partial charge on any atom is 0.274 e. The number of ether oxygens (including phenoxy) is 2. The number of aromatic nitrogens is 1. The minimum atomic E-state index is -0.418. The van der Waals surface area contributed by atoms with Gasteiger partial charge in [-0.2, -0.15) is 0 Å². The van der Waals surface area contributed by atoms with Gasteiger partial charge in [0.25, 0.3) is 5.91 Å². The van der Waals surface area contributed by atoms with Gasteiger partial charge >= 0.3 is 0 Å². The van der Waals surface area contributed by atoms with Crippen LogP contribution in [0.1, 0.15) is 35.4 Å². The number of anilines is 1.